The first-order valence-corrected chi connectivity index (χ1v) is 24.6. The summed E-state index contributed by atoms with van der Waals surface area (Å²) in [5, 5.41) is 17.5. The van der Waals surface area contributed by atoms with Gasteiger partial charge in [0, 0.05) is 62.2 Å². The fourth-order valence-corrected chi connectivity index (χ4v) is 10.0. The van der Waals surface area contributed by atoms with Crippen LogP contribution in [0.3, 0.4) is 0 Å². The second-order valence-electron chi connectivity index (χ2n) is 18.1. The summed E-state index contributed by atoms with van der Waals surface area (Å²) in [6, 6.07) is 7.31. The third-order valence-electron chi connectivity index (χ3n) is 11.7. The zero-order chi connectivity index (χ0) is 48.0. The number of hydrogen-bond donors (Lipinski definition) is 6. The van der Waals surface area contributed by atoms with Gasteiger partial charge in [-0.05, 0) is 71.3 Å². The van der Waals surface area contributed by atoms with E-state index in [0.29, 0.717) is 96.5 Å². The van der Waals surface area contributed by atoms with Crippen LogP contribution in [0.25, 0.3) is 0 Å². The van der Waals surface area contributed by atoms with Gasteiger partial charge in [0.1, 0.15) is 37.5 Å². The molecule has 0 radical (unpaired) electrons. The maximum atomic E-state index is 14.0. The Bertz CT molecular complexity index is 1770. The Morgan fingerprint density at radius 2 is 1.43 bits per heavy atom. The molecule has 67 heavy (non-hydrogen) atoms. The first kappa shape index (κ1) is 53.3. The highest BCUT2D eigenvalue weighted by molar-refractivity contribution is 8.00. The van der Waals surface area contributed by atoms with Crippen LogP contribution in [0.5, 0.6) is 0 Å². The number of thioether (sulfide) groups is 1. The van der Waals surface area contributed by atoms with Gasteiger partial charge in [-0.25, -0.2) is 14.4 Å². The first-order valence-electron chi connectivity index (χ1n) is 23.6. The number of nitrogens with zero attached hydrogens (tertiary/aromatic N) is 1. The third-order valence-corrected chi connectivity index (χ3v) is 13.2. The number of unbranched alkanes of at least 4 members (excludes halogenated alkanes) is 1. The molecule has 3 unspecified atom stereocenters. The Morgan fingerprint density at radius 3 is 2.12 bits per heavy atom. The highest BCUT2D eigenvalue weighted by Gasteiger charge is 2.51. The Morgan fingerprint density at radius 1 is 0.776 bits per heavy atom. The van der Waals surface area contributed by atoms with Gasteiger partial charge < -0.3 is 65.2 Å². The monoisotopic (exact) mass is 961 g/mol. The summed E-state index contributed by atoms with van der Waals surface area (Å²) in [7, 11) is 0. The molecule has 0 aliphatic carbocycles. The molecule has 7 amide bonds. The minimum Gasteiger partial charge on any atom is -0.458 e. The lowest BCUT2D eigenvalue weighted by Gasteiger charge is -2.42. The van der Waals surface area contributed by atoms with Crippen molar-refractivity contribution in [2.75, 3.05) is 78.2 Å². The number of hydrogen-bond acceptors (Lipinski definition) is 14. The van der Waals surface area contributed by atoms with Crippen molar-refractivity contribution in [2.24, 2.45) is 5.92 Å². The van der Waals surface area contributed by atoms with E-state index in [0.717, 1.165) is 30.6 Å². The van der Waals surface area contributed by atoms with E-state index < -0.39 is 60.0 Å². The summed E-state index contributed by atoms with van der Waals surface area (Å²) in [5.41, 5.74) is 0.0293. The van der Waals surface area contributed by atoms with Gasteiger partial charge >= 0.3 is 18.1 Å². The molecule has 0 saturated carbocycles. The number of urea groups is 1. The zero-order valence-corrected chi connectivity index (χ0v) is 40.0. The lowest BCUT2D eigenvalue weighted by Crippen LogP contribution is -2.63. The van der Waals surface area contributed by atoms with Crippen molar-refractivity contribution in [3.8, 4) is 0 Å². The molecule has 20 nitrogen and oxygen atoms in total. The van der Waals surface area contributed by atoms with Gasteiger partial charge in [-0.3, -0.25) is 19.2 Å². The number of rotatable bonds is 29. The highest BCUT2D eigenvalue weighted by Crippen LogP contribution is 2.37. The largest absolute Gasteiger partial charge is 0.458 e. The Labute approximate surface area is 397 Å². The first-order chi connectivity index (χ1) is 32.3. The quantitative estimate of drug-likeness (QED) is 0.0382. The molecule has 1 aromatic rings. The number of amides is 7. The van der Waals surface area contributed by atoms with Crippen LogP contribution in [-0.2, 0) is 59.0 Å². The average molecular weight is 962 g/mol. The van der Waals surface area contributed by atoms with Crippen LogP contribution in [-0.4, -0.2) is 166 Å². The molecule has 0 bridgehead atoms. The summed E-state index contributed by atoms with van der Waals surface area (Å²) in [6.45, 7) is 8.09. The highest BCUT2D eigenvalue weighted by atomic mass is 32.2. The third kappa shape index (κ3) is 18.7. The number of alkyl carbamates (subject to hydrolysis) is 1. The van der Waals surface area contributed by atoms with Crippen LogP contribution in [0.15, 0.2) is 30.3 Å². The number of carbonyl (C=O) groups excluding carboxylic acids is 7. The van der Waals surface area contributed by atoms with Crippen LogP contribution in [0.2, 0.25) is 0 Å². The molecule has 374 valence electrons. The van der Waals surface area contributed by atoms with E-state index in [-0.39, 0.29) is 49.8 Å². The lowest BCUT2D eigenvalue weighted by molar-refractivity contribution is -0.166. The molecule has 4 aliphatic rings. The number of fused-ring (bicyclic) bond motifs is 2. The van der Waals surface area contributed by atoms with E-state index in [9.17, 15) is 33.6 Å². The molecule has 4 aliphatic heterocycles. The topological polar surface area (TPSA) is 250 Å². The fraction of sp³-hybridized carbons (Fsp3) is 0.717. The Hall–Kier alpha value is -4.70. The zero-order valence-electron chi connectivity index (χ0n) is 39.1. The van der Waals surface area contributed by atoms with Crippen molar-refractivity contribution in [1.82, 2.24) is 36.8 Å². The molecule has 6 N–H and O–H groups in total. The van der Waals surface area contributed by atoms with Gasteiger partial charge in [-0.1, -0.05) is 36.8 Å². The minimum absolute atomic E-state index is 0.00645. The Balaban J connectivity index is 0.841. The van der Waals surface area contributed by atoms with Crippen molar-refractivity contribution in [2.45, 2.75) is 126 Å². The molecule has 7 atom stereocenters. The molecule has 4 fully saturated rings. The average Bonchev–Trinajstić information content (AvgIpc) is 4.00. The van der Waals surface area contributed by atoms with E-state index >= 15 is 0 Å². The normalized spacial score (nSPS) is 23.1. The number of ether oxygens (including phenoxy) is 6. The maximum absolute atomic E-state index is 14.0. The van der Waals surface area contributed by atoms with Crippen LogP contribution < -0.4 is 31.9 Å². The van der Waals surface area contributed by atoms with Crippen molar-refractivity contribution < 1.29 is 62.0 Å². The maximum Gasteiger partial charge on any atom is 0.408 e. The molecule has 1 aromatic carbocycles. The van der Waals surface area contributed by atoms with Gasteiger partial charge in [0.05, 0.1) is 38.5 Å². The SMILES string of the molecule is CC(C)(C)OC(=O)[C@@H]1CCC2CC(CNC(=O)COCC(=O)NCCCOCCOCCOCCCNC(=O)CCCC[C@@H]3SC[C@@H]4NC(=O)N[C@@H]43)C(NC(=O)OCc3ccccc3)C(=O)N21. The van der Waals surface area contributed by atoms with Crippen molar-refractivity contribution in [3.05, 3.63) is 35.9 Å². The van der Waals surface area contributed by atoms with Crippen molar-refractivity contribution in [3.63, 3.8) is 0 Å². The summed E-state index contributed by atoms with van der Waals surface area (Å²) < 4.78 is 33.0. The molecule has 4 heterocycles. The van der Waals surface area contributed by atoms with E-state index in [1.807, 2.05) is 30.0 Å². The number of esters is 1. The molecule has 21 heteroatoms. The molecule has 0 aromatic heterocycles. The predicted octanol–water partition coefficient (Wildman–Crippen LogP) is 1.92. The number of carbonyl (C=O) groups is 7. The molecular weight excluding hydrogens is 891 g/mol. The second-order valence-corrected chi connectivity index (χ2v) is 19.4. The van der Waals surface area contributed by atoms with Gasteiger partial charge in [0.25, 0.3) is 0 Å². The number of benzene rings is 1. The van der Waals surface area contributed by atoms with E-state index in [2.05, 4.69) is 31.9 Å². The van der Waals surface area contributed by atoms with Crippen LogP contribution >= 0.6 is 11.8 Å². The lowest BCUT2D eigenvalue weighted by atomic mass is 9.86. The summed E-state index contributed by atoms with van der Waals surface area (Å²) in [6.07, 6.45) is 5.15. The van der Waals surface area contributed by atoms with E-state index in [1.165, 1.54) is 4.90 Å². The molecule has 0 spiro atoms. The summed E-state index contributed by atoms with van der Waals surface area (Å²) >= 11 is 1.89. The van der Waals surface area contributed by atoms with Gasteiger partial charge in [0.15, 0.2) is 0 Å². The molecular formula is C46H71N7O13S. The van der Waals surface area contributed by atoms with Crippen LogP contribution in [0.1, 0.15) is 84.1 Å². The van der Waals surface area contributed by atoms with Crippen LogP contribution in [0, 0.1) is 5.92 Å². The fourth-order valence-electron chi connectivity index (χ4n) is 8.46. The van der Waals surface area contributed by atoms with Gasteiger partial charge in [-0.15, -0.1) is 0 Å². The molecule has 5 rings (SSSR count). The second kappa shape index (κ2) is 28.0. The number of piperidine rings is 1. The van der Waals surface area contributed by atoms with Crippen LogP contribution in [0.4, 0.5) is 9.59 Å². The standard InChI is InChI=1S/C46H71N7O13S/c1-46(2,3)66-43(58)35-16-15-33-25-32(40(42(57)53(33)35)52-45(60)65-27-31-11-5-4-6-12-31)26-49-39(56)29-64-28-38(55)48-18-10-20-62-22-24-63-23-21-61-19-9-17-47-37(54)14-8-7-13-36-41-34(30-67-36)50-44(59)51-41/h4-6,11-12,32-36,40-41H,7-10,13-30H2,1-3H3,(H,47,54)(H,48,55)(H,49,56)(H,52,60)(H2,50,51,59)/t32?,33?,34-,35-,36-,40?,41-/m0/s1. The smallest absolute Gasteiger partial charge is 0.408 e. The predicted molar refractivity (Wildman–Crippen MR) is 247 cm³/mol. The molecule has 4 saturated heterocycles. The number of nitrogens with one attached hydrogen (secondary N) is 6. The van der Waals surface area contributed by atoms with E-state index in [4.69, 9.17) is 28.4 Å². The van der Waals surface area contributed by atoms with Gasteiger partial charge in [0.2, 0.25) is 23.6 Å². The van der Waals surface area contributed by atoms with Crippen molar-refractivity contribution >= 4 is 53.5 Å². The minimum atomic E-state index is -1.07. The summed E-state index contributed by atoms with van der Waals surface area (Å²) in [4.78, 5) is 90.2. The van der Waals surface area contributed by atoms with Gasteiger partial charge in [-0.2, -0.15) is 11.8 Å². The summed E-state index contributed by atoms with van der Waals surface area (Å²) in [5.74, 6) is -1.35. The Kier molecular flexibility index (Phi) is 22.2. The van der Waals surface area contributed by atoms with Crippen molar-refractivity contribution in [1.29, 1.82) is 0 Å². The van der Waals surface area contributed by atoms with E-state index in [1.54, 1.807) is 32.9 Å².